The van der Waals surface area contributed by atoms with E-state index in [1.165, 1.54) is 0 Å². The first-order valence-electron chi connectivity index (χ1n) is 10.1. The molecule has 1 aromatic carbocycles. The highest BCUT2D eigenvalue weighted by molar-refractivity contribution is 6.30. The van der Waals surface area contributed by atoms with Gasteiger partial charge in [0.15, 0.2) is 5.82 Å². The van der Waals surface area contributed by atoms with Crippen LogP contribution in [0.2, 0.25) is 5.02 Å². The van der Waals surface area contributed by atoms with E-state index in [0.717, 1.165) is 69.3 Å². The molecule has 1 atom stereocenters. The first-order valence-corrected chi connectivity index (χ1v) is 10.5. The summed E-state index contributed by atoms with van der Waals surface area (Å²) in [5, 5.41) is 4.87. The van der Waals surface area contributed by atoms with E-state index in [9.17, 15) is 4.79 Å². The predicted molar refractivity (Wildman–Crippen MR) is 102 cm³/mol. The Labute approximate surface area is 164 Å². The van der Waals surface area contributed by atoms with Gasteiger partial charge in [-0.05, 0) is 56.2 Å². The monoisotopic (exact) mass is 385 g/mol. The highest BCUT2D eigenvalue weighted by Crippen LogP contribution is 2.46. The summed E-state index contributed by atoms with van der Waals surface area (Å²) in [5.74, 6) is 2.11. The third-order valence-electron chi connectivity index (χ3n) is 6.46. The molecule has 2 aromatic rings. The van der Waals surface area contributed by atoms with E-state index in [4.69, 9.17) is 16.1 Å². The molecule has 1 amide bonds. The molecule has 6 heteroatoms. The van der Waals surface area contributed by atoms with Gasteiger partial charge in [0, 0.05) is 17.5 Å². The van der Waals surface area contributed by atoms with Crippen LogP contribution < -0.4 is 0 Å². The average Bonchev–Trinajstić information content (AvgIpc) is 3.10. The molecule has 5 nitrogen and oxygen atoms in total. The Kier molecular flexibility index (Phi) is 4.23. The summed E-state index contributed by atoms with van der Waals surface area (Å²) in [6.07, 6.45) is 8.13. The third-order valence-corrected chi connectivity index (χ3v) is 6.71. The number of benzene rings is 1. The first-order chi connectivity index (χ1) is 13.2. The molecule has 2 saturated carbocycles. The summed E-state index contributed by atoms with van der Waals surface area (Å²) in [6.45, 7) is 0.764. The van der Waals surface area contributed by atoms with Crippen molar-refractivity contribution >= 4 is 17.5 Å². The number of halogens is 1. The second kappa shape index (κ2) is 6.62. The molecule has 5 rings (SSSR count). The second-order valence-corrected chi connectivity index (χ2v) is 8.65. The Morgan fingerprint density at radius 1 is 1.11 bits per heavy atom. The normalized spacial score (nSPS) is 24.5. The summed E-state index contributed by atoms with van der Waals surface area (Å²) in [7, 11) is 0. The molecule has 1 aliphatic heterocycles. The highest BCUT2D eigenvalue weighted by Gasteiger charge is 2.48. The molecule has 1 unspecified atom stereocenters. The molecular weight excluding hydrogens is 362 g/mol. The van der Waals surface area contributed by atoms with Gasteiger partial charge in [-0.25, -0.2) is 0 Å². The maximum absolute atomic E-state index is 13.8. The van der Waals surface area contributed by atoms with E-state index in [2.05, 4.69) is 10.1 Å². The van der Waals surface area contributed by atoms with E-state index >= 15 is 0 Å². The SMILES string of the molecule is O=C(N1CCCC1c1nc(C2CC2)no1)C1(c2ccc(Cl)cc2)CCCC1. The number of carbonyl (C=O) groups is 1. The van der Waals surface area contributed by atoms with Gasteiger partial charge < -0.3 is 9.42 Å². The number of aromatic nitrogens is 2. The largest absolute Gasteiger partial charge is 0.337 e. The van der Waals surface area contributed by atoms with Crippen LogP contribution in [-0.4, -0.2) is 27.5 Å². The van der Waals surface area contributed by atoms with Crippen LogP contribution in [0.1, 0.15) is 80.6 Å². The smallest absolute Gasteiger partial charge is 0.249 e. The average molecular weight is 386 g/mol. The lowest BCUT2D eigenvalue weighted by atomic mass is 9.77. The van der Waals surface area contributed by atoms with E-state index in [1.807, 2.05) is 29.2 Å². The van der Waals surface area contributed by atoms with Crippen LogP contribution in [-0.2, 0) is 10.2 Å². The van der Waals surface area contributed by atoms with E-state index in [1.54, 1.807) is 0 Å². The summed E-state index contributed by atoms with van der Waals surface area (Å²) >= 11 is 6.08. The quantitative estimate of drug-likeness (QED) is 0.760. The van der Waals surface area contributed by atoms with Crippen molar-refractivity contribution in [3.8, 4) is 0 Å². The maximum atomic E-state index is 13.8. The number of carbonyl (C=O) groups excluding carboxylic acids is 1. The van der Waals surface area contributed by atoms with Crippen molar-refractivity contribution in [2.45, 2.75) is 68.7 Å². The standard InChI is InChI=1S/C21H24ClN3O2/c22-16-9-7-15(8-10-16)21(11-1-2-12-21)20(26)25-13-3-4-17(25)19-23-18(24-27-19)14-5-6-14/h7-10,14,17H,1-6,11-13H2. The van der Waals surface area contributed by atoms with Crippen LogP contribution in [0.25, 0.3) is 0 Å². The summed E-state index contributed by atoms with van der Waals surface area (Å²) in [5.41, 5.74) is 0.649. The summed E-state index contributed by atoms with van der Waals surface area (Å²) < 4.78 is 5.57. The Morgan fingerprint density at radius 2 is 1.85 bits per heavy atom. The van der Waals surface area contributed by atoms with E-state index in [0.29, 0.717) is 16.8 Å². The van der Waals surface area contributed by atoms with Crippen molar-refractivity contribution in [3.05, 3.63) is 46.6 Å². The fraction of sp³-hybridized carbons (Fsp3) is 0.571. The first kappa shape index (κ1) is 17.2. The van der Waals surface area contributed by atoms with Gasteiger partial charge in [0.1, 0.15) is 6.04 Å². The van der Waals surface area contributed by atoms with Crippen molar-refractivity contribution in [2.24, 2.45) is 0 Å². The topological polar surface area (TPSA) is 59.2 Å². The summed E-state index contributed by atoms with van der Waals surface area (Å²) in [6, 6.07) is 7.75. The van der Waals surface area contributed by atoms with Gasteiger partial charge >= 0.3 is 0 Å². The molecule has 2 heterocycles. The lowest BCUT2D eigenvalue weighted by Gasteiger charge is -2.35. The fourth-order valence-corrected chi connectivity index (χ4v) is 4.93. The van der Waals surface area contributed by atoms with Gasteiger partial charge in [0.2, 0.25) is 11.8 Å². The van der Waals surface area contributed by atoms with Gasteiger partial charge in [0.25, 0.3) is 0 Å². The minimum absolute atomic E-state index is 0.0812. The Balaban J connectivity index is 1.45. The third kappa shape index (κ3) is 2.96. The Morgan fingerprint density at radius 3 is 2.56 bits per heavy atom. The molecule has 27 heavy (non-hydrogen) atoms. The van der Waals surface area contributed by atoms with Crippen LogP contribution in [0.3, 0.4) is 0 Å². The molecule has 1 aromatic heterocycles. The summed E-state index contributed by atoms with van der Waals surface area (Å²) in [4.78, 5) is 20.4. The molecule has 3 aliphatic rings. The van der Waals surface area contributed by atoms with Crippen LogP contribution in [0.5, 0.6) is 0 Å². The van der Waals surface area contributed by atoms with Gasteiger partial charge in [-0.15, -0.1) is 0 Å². The predicted octanol–water partition coefficient (Wildman–Crippen LogP) is 4.78. The number of hydrogen-bond donors (Lipinski definition) is 0. The molecule has 142 valence electrons. The molecule has 0 bridgehead atoms. The van der Waals surface area contributed by atoms with Crippen molar-refractivity contribution in [1.82, 2.24) is 15.0 Å². The fourth-order valence-electron chi connectivity index (χ4n) is 4.80. The zero-order chi connectivity index (χ0) is 18.4. The highest BCUT2D eigenvalue weighted by atomic mass is 35.5. The number of likely N-dealkylation sites (tertiary alicyclic amines) is 1. The number of hydrogen-bond acceptors (Lipinski definition) is 4. The molecule has 3 fully saturated rings. The number of rotatable bonds is 4. The van der Waals surface area contributed by atoms with Crippen molar-refractivity contribution in [3.63, 3.8) is 0 Å². The van der Waals surface area contributed by atoms with Crippen LogP contribution in [0.15, 0.2) is 28.8 Å². The molecule has 2 aliphatic carbocycles. The van der Waals surface area contributed by atoms with Crippen molar-refractivity contribution in [1.29, 1.82) is 0 Å². The van der Waals surface area contributed by atoms with Crippen LogP contribution in [0.4, 0.5) is 0 Å². The number of nitrogens with zero attached hydrogens (tertiary/aromatic N) is 3. The van der Waals surface area contributed by atoms with Gasteiger partial charge in [-0.3, -0.25) is 4.79 Å². The van der Waals surface area contributed by atoms with Gasteiger partial charge in [0.05, 0.1) is 5.41 Å². The van der Waals surface area contributed by atoms with E-state index in [-0.39, 0.29) is 11.9 Å². The molecule has 0 radical (unpaired) electrons. The zero-order valence-electron chi connectivity index (χ0n) is 15.4. The van der Waals surface area contributed by atoms with Crippen LogP contribution >= 0.6 is 11.6 Å². The van der Waals surface area contributed by atoms with E-state index < -0.39 is 5.41 Å². The lowest BCUT2D eigenvalue weighted by Crippen LogP contribution is -2.45. The lowest BCUT2D eigenvalue weighted by molar-refractivity contribution is -0.138. The van der Waals surface area contributed by atoms with Gasteiger partial charge in [-0.2, -0.15) is 4.98 Å². The Hall–Kier alpha value is -1.88. The zero-order valence-corrected chi connectivity index (χ0v) is 16.1. The minimum Gasteiger partial charge on any atom is -0.337 e. The molecule has 0 N–H and O–H groups in total. The van der Waals surface area contributed by atoms with Crippen LogP contribution in [0, 0.1) is 0 Å². The number of amides is 1. The van der Waals surface area contributed by atoms with Crippen molar-refractivity contribution < 1.29 is 9.32 Å². The molecular formula is C21H24ClN3O2. The molecule has 0 spiro atoms. The maximum Gasteiger partial charge on any atom is 0.249 e. The van der Waals surface area contributed by atoms with Crippen molar-refractivity contribution in [2.75, 3.05) is 6.54 Å². The van der Waals surface area contributed by atoms with Gasteiger partial charge in [-0.1, -0.05) is 41.7 Å². The minimum atomic E-state index is -0.438. The Bertz CT molecular complexity index is 837. The molecule has 1 saturated heterocycles. The second-order valence-electron chi connectivity index (χ2n) is 8.22.